The van der Waals surface area contributed by atoms with Crippen LogP contribution in [0.15, 0.2) is 182 Å². The fraction of sp³-hybridized carbons (Fsp3) is 0.0577. The largest absolute Gasteiger partial charge is 0.309 e. The maximum Gasteiger partial charge on any atom is 0.164 e. The van der Waals surface area contributed by atoms with E-state index in [4.69, 9.17) is 15.0 Å². The van der Waals surface area contributed by atoms with E-state index in [2.05, 4.69) is 164 Å². The van der Waals surface area contributed by atoms with E-state index >= 15 is 0 Å². The Bertz CT molecular complexity index is 3100. The van der Waals surface area contributed by atoms with Crippen LogP contribution in [0.25, 0.3) is 94.7 Å². The Balaban J connectivity index is 1.24. The van der Waals surface area contributed by atoms with Crippen molar-refractivity contribution >= 4 is 32.6 Å². The second kappa shape index (κ2) is 12.4. The van der Waals surface area contributed by atoms with Crippen molar-refractivity contribution in [2.24, 2.45) is 0 Å². The molecule has 2 heterocycles. The molecule has 4 nitrogen and oxygen atoms in total. The molecule has 1 aliphatic rings. The van der Waals surface area contributed by atoms with Crippen molar-refractivity contribution in [2.45, 2.75) is 19.3 Å². The summed E-state index contributed by atoms with van der Waals surface area (Å²) in [6, 6.07) is 64.9. The molecule has 2 aromatic heterocycles. The molecule has 0 spiro atoms. The molecular formula is C52H36N4. The highest BCUT2D eigenvalue weighted by molar-refractivity contribution is 6.12. The monoisotopic (exact) mass is 716 g/mol. The van der Waals surface area contributed by atoms with Gasteiger partial charge in [-0.2, -0.15) is 0 Å². The molecule has 0 amide bonds. The smallest absolute Gasteiger partial charge is 0.164 e. The molecular weight excluding hydrogens is 681 g/mol. The van der Waals surface area contributed by atoms with Gasteiger partial charge in [0.2, 0.25) is 0 Å². The van der Waals surface area contributed by atoms with Gasteiger partial charge in [0.25, 0.3) is 0 Å². The minimum absolute atomic E-state index is 0.142. The van der Waals surface area contributed by atoms with Crippen molar-refractivity contribution in [1.82, 2.24) is 19.5 Å². The van der Waals surface area contributed by atoms with Crippen LogP contribution in [0.5, 0.6) is 0 Å². The van der Waals surface area contributed by atoms with Gasteiger partial charge in [0.05, 0.1) is 16.7 Å². The maximum absolute atomic E-state index is 5.25. The maximum atomic E-state index is 5.25. The quantitative estimate of drug-likeness (QED) is 0.178. The van der Waals surface area contributed by atoms with Gasteiger partial charge in [-0.25, -0.2) is 15.0 Å². The van der Waals surface area contributed by atoms with Crippen molar-refractivity contribution in [3.05, 3.63) is 193 Å². The molecule has 11 rings (SSSR count). The molecule has 4 heteroatoms. The highest BCUT2D eigenvalue weighted by atomic mass is 15.0. The SMILES string of the molecule is CC1(C)c2ccccc2-c2cc3c4ccccc4n(-c4cccc(-c5nc(-c6ccccc6)nc(-c6ccccc6)n5)c4-c4ccc5ccccc5c4)c3cc21. The van der Waals surface area contributed by atoms with E-state index in [9.17, 15) is 0 Å². The average molecular weight is 717 g/mol. The van der Waals surface area contributed by atoms with E-state index < -0.39 is 0 Å². The molecule has 264 valence electrons. The Morgan fingerprint density at radius 1 is 0.393 bits per heavy atom. The van der Waals surface area contributed by atoms with Crippen LogP contribution in [0.3, 0.4) is 0 Å². The van der Waals surface area contributed by atoms with E-state index in [1.54, 1.807) is 0 Å². The van der Waals surface area contributed by atoms with Crippen LogP contribution in [-0.4, -0.2) is 19.5 Å². The van der Waals surface area contributed by atoms with E-state index in [0.717, 1.165) is 39.0 Å². The van der Waals surface area contributed by atoms with Gasteiger partial charge in [-0.15, -0.1) is 0 Å². The van der Waals surface area contributed by atoms with Gasteiger partial charge in [0.1, 0.15) is 0 Å². The van der Waals surface area contributed by atoms with Crippen molar-refractivity contribution < 1.29 is 0 Å². The van der Waals surface area contributed by atoms with Gasteiger partial charge in [0, 0.05) is 38.4 Å². The zero-order valence-corrected chi connectivity index (χ0v) is 31.1. The summed E-state index contributed by atoms with van der Waals surface area (Å²) >= 11 is 0. The lowest BCUT2D eigenvalue weighted by molar-refractivity contribution is 0.661. The molecule has 1 aliphatic carbocycles. The molecule has 0 saturated carbocycles. The Labute approximate surface area is 325 Å². The summed E-state index contributed by atoms with van der Waals surface area (Å²) in [5.74, 6) is 1.90. The van der Waals surface area contributed by atoms with Crippen LogP contribution in [-0.2, 0) is 5.41 Å². The van der Waals surface area contributed by atoms with Crippen molar-refractivity contribution in [3.8, 4) is 62.1 Å². The molecule has 0 atom stereocenters. The fourth-order valence-electron chi connectivity index (χ4n) is 8.91. The first kappa shape index (κ1) is 32.3. The molecule has 0 saturated heterocycles. The molecule has 56 heavy (non-hydrogen) atoms. The van der Waals surface area contributed by atoms with E-state index in [0.29, 0.717) is 17.5 Å². The first-order chi connectivity index (χ1) is 27.5. The summed E-state index contributed by atoms with van der Waals surface area (Å²) < 4.78 is 2.47. The average Bonchev–Trinajstić information content (AvgIpc) is 3.70. The second-order valence-electron chi connectivity index (χ2n) is 15.2. The number of para-hydroxylation sites is 1. The molecule has 0 radical (unpaired) electrons. The third kappa shape index (κ3) is 4.96. The van der Waals surface area contributed by atoms with Gasteiger partial charge in [0.15, 0.2) is 17.5 Å². The lowest BCUT2D eigenvalue weighted by Crippen LogP contribution is -2.15. The van der Waals surface area contributed by atoms with Gasteiger partial charge in [-0.1, -0.05) is 166 Å². The van der Waals surface area contributed by atoms with Crippen molar-refractivity contribution in [1.29, 1.82) is 0 Å². The third-order valence-electron chi connectivity index (χ3n) is 11.6. The van der Waals surface area contributed by atoms with Crippen LogP contribution in [0, 0.1) is 0 Å². The van der Waals surface area contributed by atoms with Gasteiger partial charge in [-0.05, 0) is 68.9 Å². The molecule has 0 unspecified atom stereocenters. The van der Waals surface area contributed by atoms with Gasteiger partial charge in [-0.3, -0.25) is 0 Å². The van der Waals surface area contributed by atoms with Crippen LogP contribution in [0.4, 0.5) is 0 Å². The first-order valence-electron chi connectivity index (χ1n) is 19.2. The Kier molecular flexibility index (Phi) is 7.17. The normalized spacial score (nSPS) is 13.0. The number of benzene rings is 8. The second-order valence-corrected chi connectivity index (χ2v) is 15.2. The zero-order chi connectivity index (χ0) is 37.4. The highest BCUT2D eigenvalue weighted by Gasteiger charge is 2.36. The summed E-state index contributed by atoms with van der Waals surface area (Å²) in [5, 5.41) is 4.83. The lowest BCUT2D eigenvalue weighted by atomic mass is 9.82. The minimum Gasteiger partial charge on any atom is -0.309 e. The van der Waals surface area contributed by atoms with Crippen LogP contribution in [0.1, 0.15) is 25.0 Å². The number of hydrogen-bond donors (Lipinski definition) is 0. The summed E-state index contributed by atoms with van der Waals surface area (Å²) in [6.07, 6.45) is 0. The molecule has 0 fully saturated rings. The van der Waals surface area contributed by atoms with E-state index in [-0.39, 0.29) is 5.41 Å². The topological polar surface area (TPSA) is 43.6 Å². The predicted octanol–water partition coefficient (Wildman–Crippen LogP) is 13.1. The summed E-state index contributed by atoms with van der Waals surface area (Å²) in [5.41, 5.74) is 13.6. The summed E-state index contributed by atoms with van der Waals surface area (Å²) in [6.45, 7) is 4.71. The number of aromatic nitrogens is 4. The molecule has 0 N–H and O–H groups in total. The minimum atomic E-state index is -0.142. The van der Waals surface area contributed by atoms with E-state index in [1.807, 2.05) is 36.4 Å². The van der Waals surface area contributed by atoms with Crippen molar-refractivity contribution in [3.63, 3.8) is 0 Å². The Morgan fingerprint density at radius 2 is 1.02 bits per heavy atom. The first-order valence-corrected chi connectivity index (χ1v) is 19.2. The fourth-order valence-corrected chi connectivity index (χ4v) is 8.91. The van der Waals surface area contributed by atoms with Crippen LogP contribution < -0.4 is 0 Å². The lowest BCUT2D eigenvalue weighted by Gasteiger charge is -2.22. The molecule has 10 aromatic rings. The summed E-state index contributed by atoms with van der Waals surface area (Å²) in [4.78, 5) is 15.5. The predicted molar refractivity (Wildman–Crippen MR) is 231 cm³/mol. The van der Waals surface area contributed by atoms with Crippen LogP contribution in [0.2, 0.25) is 0 Å². The molecule has 0 bridgehead atoms. The number of hydrogen-bond acceptors (Lipinski definition) is 3. The molecule has 0 aliphatic heterocycles. The van der Waals surface area contributed by atoms with Crippen LogP contribution >= 0.6 is 0 Å². The Hall–Kier alpha value is -7.17. The number of nitrogens with zero attached hydrogens (tertiary/aromatic N) is 4. The summed E-state index contributed by atoms with van der Waals surface area (Å²) in [7, 11) is 0. The number of rotatable bonds is 5. The standard InChI is InChI=1S/C52H36N4/c1-52(2)43-25-13-11-22-38(43)41-31-42-39-23-12-14-26-45(39)56(47(42)32-44(41)52)46-27-15-24-40(48(46)37-29-28-33-16-9-10-21-36(33)30-37)51-54-49(34-17-5-3-6-18-34)53-50(55-51)35-19-7-4-8-20-35/h3-32H,1-2H3. The Morgan fingerprint density at radius 3 is 1.79 bits per heavy atom. The molecule has 8 aromatic carbocycles. The van der Waals surface area contributed by atoms with Gasteiger partial charge < -0.3 is 4.57 Å². The zero-order valence-electron chi connectivity index (χ0n) is 31.1. The van der Waals surface area contributed by atoms with Gasteiger partial charge >= 0.3 is 0 Å². The number of fused-ring (bicyclic) bond motifs is 7. The highest BCUT2D eigenvalue weighted by Crippen LogP contribution is 2.51. The van der Waals surface area contributed by atoms with E-state index in [1.165, 1.54) is 49.3 Å². The van der Waals surface area contributed by atoms with Crippen molar-refractivity contribution in [2.75, 3.05) is 0 Å². The third-order valence-corrected chi connectivity index (χ3v) is 11.6.